The lowest BCUT2D eigenvalue weighted by molar-refractivity contribution is -0.192. The Morgan fingerprint density at radius 2 is 1.53 bits per heavy atom. The molecule has 190 valence electrons. The van der Waals surface area contributed by atoms with Crippen LogP contribution in [0.4, 0.5) is 30.8 Å². The molecule has 4 aromatic rings. The van der Waals surface area contributed by atoms with Crippen molar-refractivity contribution >= 4 is 45.4 Å². The zero-order valence-electron chi connectivity index (χ0n) is 19.4. The van der Waals surface area contributed by atoms with E-state index in [0.29, 0.717) is 39.6 Å². The topological polar surface area (TPSA) is 166 Å². The van der Waals surface area contributed by atoms with E-state index in [-0.39, 0.29) is 11.8 Å². The lowest BCUT2D eigenvalue weighted by Crippen LogP contribution is -2.21. The number of hydrogen-bond donors (Lipinski definition) is 4. The standard InChI is InChI=1S/C20H20N6O3.C2HF3O2/c1-9-5-11(21)6-13-17(9)24-20(25-18(13)27)26-19-22-10(2)12-7-15(28-3)16(29-4)8-14(12)23-19;3-2(4,5)1(6)7/h5-8H,21H2,1-4H3,(H2,22,23,24,25,26,27);(H,6,7). The van der Waals surface area contributed by atoms with E-state index < -0.39 is 12.1 Å². The molecule has 5 N–H and O–H groups in total. The molecule has 2 aromatic carbocycles. The summed E-state index contributed by atoms with van der Waals surface area (Å²) >= 11 is 0. The predicted octanol–water partition coefficient (Wildman–Crippen LogP) is 3.87. The SMILES string of the molecule is COc1cc2nc(Nc3nc(O)c4cc(N)cc(C)c4n3)nc(C)c2cc1OC.O=C(O)C(F)(F)F. The number of fused-ring (bicyclic) bond motifs is 2. The molecule has 0 aliphatic carbocycles. The summed E-state index contributed by atoms with van der Waals surface area (Å²) in [5.74, 6) is -1.28. The molecule has 0 saturated heterocycles. The minimum atomic E-state index is -5.08. The molecule has 0 bridgehead atoms. The van der Waals surface area contributed by atoms with Crippen LogP contribution in [-0.4, -0.2) is 56.5 Å². The number of nitrogens with one attached hydrogen (secondary N) is 1. The summed E-state index contributed by atoms with van der Waals surface area (Å²) in [4.78, 5) is 26.5. The summed E-state index contributed by atoms with van der Waals surface area (Å²) in [6, 6.07) is 7.03. The third-order valence-electron chi connectivity index (χ3n) is 4.85. The Morgan fingerprint density at radius 3 is 2.11 bits per heavy atom. The average molecular weight is 506 g/mol. The fourth-order valence-electron chi connectivity index (χ4n) is 3.24. The van der Waals surface area contributed by atoms with Crippen LogP contribution in [0.2, 0.25) is 0 Å². The maximum absolute atomic E-state index is 10.6. The monoisotopic (exact) mass is 506 g/mol. The number of carboxylic acids is 1. The lowest BCUT2D eigenvalue weighted by Gasteiger charge is -2.12. The van der Waals surface area contributed by atoms with Gasteiger partial charge in [-0.2, -0.15) is 18.2 Å². The molecule has 0 radical (unpaired) electrons. The highest BCUT2D eigenvalue weighted by molar-refractivity contribution is 5.90. The van der Waals surface area contributed by atoms with Crippen molar-refractivity contribution in [2.45, 2.75) is 20.0 Å². The minimum absolute atomic E-state index is 0.170. The summed E-state index contributed by atoms with van der Waals surface area (Å²) in [5, 5.41) is 21.7. The molecule has 11 nitrogen and oxygen atoms in total. The number of anilines is 3. The minimum Gasteiger partial charge on any atom is -0.493 e. The van der Waals surface area contributed by atoms with Gasteiger partial charge in [0.1, 0.15) is 0 Å². The first-order valence-corrected chi connectivity index (χ1v) is 10.1. The number of carboxylic acid groups (broad SMARTS) is 1. The highest BCUT2D eigenvalue weighted by atomic mass is 19.4. The molecule has 14 heteroatoms. The van der Waals surface area contributed by atoms with Gasteiger partial charge in [-0.15, -0.1) is 0 Å². The van der Waals surface area contributed by atoms with E-state index in [1.807, 2.05) is 19.9 Å². The van der Waals surface area contributed by atoms with Gasteiger partial charge in [-0.3, -0.25) is 5.32 Å². The number of benzene rings is 2. The highest BCUT2D eigenvalue weighted by Crippen LogP contribution is 2.33. The van der Waals surface area contributed by atoms with Crippen LogP contribution in [0, 0.1) is 13.8 Å². The number of nitrogens with zero attached hydrogens (tertiary/aromatic N) is 4. The van der Waals surface area contributed by atoms with E-state index in [2.05, 4.69) is 25.3 Å². The van der Waals surface area contributed by atoms with Gasteiger partial charge >= 0.3 is 12.1 Å². The smallest absolute Gasteiger partial charge is 0.490 e. The number of aromatic hydroxyl groups is 1. The van der Waals surface area contributed by atoms with E-state index in [1.54, 1.807) is 32.4 Å². The fraction of sp³-hybridized carbons (Fsp3) is 0.227. The van der Waals surface area contributed by atoms with E-state index >= 15 is 0 Å². The maximum atomic E-state index is 10.6. The number of hydrogen-bond acceptors (Lipinski definition) is 10. The number of aliphatic carboxylic acids is 1. The van der Waals surface area contributed by atoms with Crippen LogP contribution in [0.15, 0.2) is 24.3 Å². The molecule has 0 spiro atoms. The van der Waals surface area contributed by atoms with Crippen molar-refractivity contribution in [3.63, 3.8) is 0 Å². The molecule has 0 atom stereocenters. The van der Waals surface area contributed by atoms with Crippen LogP contribution in [-0.2, 0) is 4.79 Å². The predicted molar refractivity (Wildman–Crippen MR) is 125 cm³/mol. The third-order valence-corrected chi connectivity index (χ3v) is 4.85. The second-order valence-corrected chi connectivity index (χ2v) is 7.39. The van der Waals surface area contributed by atoms with Crippen molar-refractivity contribution in [1.29, 1.82) is 0 Å². The summed E-state index contributed by atoms with van der Waals surface area (Å²) in [5.41, 5.74) is 9.22. The molecule has 36 heavy (non-hydrogen) atoms. The van der Waals surface area contributed by atoms with Gasteiger partial charge in [0.25, 0.3) is 0 Å². The maximum Gasteiger partial charge on any atom is 0.490 e. The second kappa shape index (κ2) is 9.93. The van der Waals surface area contributed by atoms with Gasteiger partial charge in [-0.25, -0.2) is 19.7 Å². The number of methoxy groups -OCH3 is 2. The summed E-state index contributed by atoms with van der Waals surface area (Å²) < 4.78 is 42.4. The number of rotatable bonds is 4. The summed E-state index contributed by atoms with van der Waals surface area (Å²) in [6.07, 6.45) is -5.08. The molecule has 0 aliphatic rings. The van der Waals surface area contributed by atoms with E-state index in [9.17, 15) is 18.3 Å². The number of ether oxygens (including phenoxy) is 2. The molecule has 0 fully saturated rings. The molecule has 0 unspecified atom stereocenters. The zero-order chi connectivity index (χ0) is 26.8. The first kappa shape index (κ1) is 26.0. The van der Waals surface area contributed by atoms with E-state index in [1.165, 1.54) is 0 Å². The summed E-state index contributed by atoms with van der Waals surface area (Å²) in [6.45, 7) is 3.73. The largest absolute Gasteiger partial charge is 0.493 e. The molecule has 0 aliphatic heterocycles. The Hall–Kier alpha value is -4.62. The van der Waals surface area contributed by atoms with Crippen molar-refractivity contribution in [3.8, 4) is 17.4 Å². The Morgan fingerprint density at radius 1 is 0.944 bits per heavy atom. The van der Waals surface area contributed by atoms with E-state index in [0.717, 1.165) is 16.6 Å². The number of aromatic nitrogens is 4. The number of carbonyl (C=O) groups is 1. The van der Waals surface area contributed by atoms with Gasteiger partial charge in [0.05, 0.1) is 36.3 Å². The molecule has 2 heterocycles. The van der Waals surface area contributed by atoms with Crippen molar-refractivity contribution in [3.05, 3.63) is 35.5 Å². The molecule has 0 amide bonds. The number of halogens is 3. The fourth-order valence-corrected chi connectivity index (χ4v) is 3.24. The van der Waals surface area contributed by atoms with Gasteiger partial charge in [-0.1, -0.05) is 0 Å². The van der Waals surface area contributed by atoms with Crippen LogP contribution >= 0.6 is 0 Å². The Labute approximate surface area is 201 Å². The number of nitrogen functional groups attached to an aromatic ring is 1. The van der Waals surface area contributed by atoms with Crippen LogP contribution in [0.5, 0.6) is 17.4 Å². The van der Waals surface area contributed by atoms with Crippen molar-refractivity contribution in [2.75, 3.05) is 25.3 Å². The Bertz CT molecular complexity index is 1460. The number of alkyl halides is 3. The average Bonchev–Trinajstić information content (AvgIpc) is 2.79. The number of nitrogens with two attached hydrogens (primary N) is 1. The van der Waals surface area contributed by atoms with Gasteiger partial charge in [0, 0.05) is 17.1 Å². The van der Waals surface area contributed by atoms with Crippen LogP contribution in [0.1, 0.15) is 11.3 Å². The van der Waals surface area contributed by atoms with Crippen molar-refractivity contribution < 1.29 is 37.7 Å². The lowest BCUT2D eigenvalue weighted by atomic mass is 10.1. The highest BCUT2D eigenvalue weighted by Gasteiger charge is 2.38. The molecule has 4 rings (SSSR count). The first-order chi connectivity index (χ1) is 16.8. The number of aryl methyl sites for hydroxylation is 2. The van der Waals surface area contributed by atoms with Gasteiger partial charge in [-0.05, 0) is 37.6 Å². The zero-order valence-corrected chi connectivity index (χ0v) is 19.4. The van der Waals surface area contributed by atoms with Gasteiger partial charge < -0.3 is 25.4 Å². The van der Waals surface area contributed by atoms with Gasteiger partial charge in [0.2, 0.25) is 17.8 Å². The second-order valence-electron chi connectivity index (χ2n) is 7.39. The normalized spacial score (nSPS) is 11.1. The quantitative estimate of drug-likeness (QED) is 0.297. The van der Waals surface area contributed by atoms with Crippen molar-refractivity contribution in [2.24, 2.45) is 0 Å². The molecule has 2 aromatic heterocycles. The molecular formula is C22H21F3N6O5. The van der Waals surface area contributed by atoms with Crippen molar-refractivity contribution in [1.82, 2.24) is 19.9 Å². The Balaban J connectivity index is 0.000000454. The summed E-state index contributed by atoms with van der Waals surface area (Å²) in [7, 11) is 3.15. The first-order valence-electron chi connectivity index (χ1n) is 10.1. The van der Waals surface area contributed by atoms with Gasteiger partial charge in [0.15, 0.2) is 11.5 Å². The Kier molecular flexibility index (Phi) is 7.17. The van der Waals surface area contributed by atoms with E-state index in [4.69, 9.17) is 25.1 Å². The van der Waals surface area contributed by atoms with Crippen LogP contribution < -0.4 is 20.5 Å². The third kappa shape index (κ3) is 5.54. The van der Waals surface area contributed by atoms with Crippen LogP contribution in [0.25, 0.3) is 21.8 Å². The van der Waals surface area contributed by atoms with Crippen LogP contribution in [0.3, 0.4) is 0 Å². The molecule has 0 saturated carbocycles. The molecular weight excluding hydrogens is 485 g/mol.